The van der Waals surface area contributed by atoms with Crippen LogP contribution in [0.1, 0.15) is 40.9 Å². The first kappa shape index (κ1) is 18.5. The Morgan fingerprint density at radius 3 is 2.82 bits per heavy atom. The molecule has 28 heavy (non-hydrogen) atoms. The van der Waals surface area contributed by atoms with Gasteiger partial charge in [0, 0.05) is 31.9 Å². The number of carbonyl (C=O) groups is 1. The summed E-state index contributed by atoms with van der Waals surface area (Å²) in [4.78, 5) is 39.2. The molecule has 1 saturated heterocycles. The van der Waals surface area contributed by atoms with Gasteiger partial charge in [0.2, 0.25) is 0 Å². The topological polar surface area (TPSA) is 86.4 Å². The molecule has 0 saturated carbocycles. The van der Waals surface area contributed by atoms with E-state index in [1.54, 1.807) is 18.0 Å². The van der Waals surface area contributed by atoms with E-state index in [9.17, 15) is 14.4 Å². The maximum atomic E-state index is 13.2. The van der Waals surface area contributed by atoms with Gasteiger partial charge in [-0.2, -0.15) is 5.10 Å². The molecule has 2 aromatic heterocycles. The van der Waals surface area contributed by atoms with Crippen molar-refractivity contribution in [1.82, 2.24) is 19.2 Å². The lowest BCUT2D eigenvalue weighted by Gasteiger charge is -2.26. The normalized spacial score (nSPS) is 18.4. The Bertz CT molecular complexity index is 1040. The first-order chi connectivity index (χ1) is 13.5. The molecule has 0 aromatic carbocycles. The second kappa shape index (κ2) is 7.26. The third-order valence-electron chi connectivity index (χ3n) is 5.69. The largest absolute Gasteiger partial charge is 0.496 e. The van der Waals surface area contributed by atoms with Crippen molar-refractivity contribution < 1.29 is 9.53 Å². The van der Waals surface area contributed by atoms with Crippen LogP contribution in [-0.2, 0) is 26.4 Å². The lowest BCUT2D eigenvalue weighted by Crippen LogP contribution is -2.41. The highest BCUT2D eigenvalue weighted by Gasteiger charge is 2.32. The van der Waals surface area contributed by atoms with Gasteiger partial charge in [0.1, 0.15) is 5.75 Å². The summed E-state index contributed by atoms with van der Waals surface area (Å²) in [5.74, 6) is 0.0794. The minimum absolute atomic E-state index is 0.111. The molecule has 4 rings (SSSR count). The smallest absolute Gasteiger partial charge is 0.267 e. The number of nitrogens with zero attached hydrogens (tertiary/aromatic N) is 4. The fourth-order valence-corrected chi connectivity index (χ4v) is 4.16. The predicted octanol–water partition coefficient (Wildman–Crippen LogP) is 0.744. The monoisotopic (exact) mass is 384 g/mol. The Morgan fingerprint density at radius 1 is 1.21 bits per heavy atom. The number of rotatable bonds is 4. The van der Waals surface area contributed by atoms with Crippen LogP contribution < -0.4 is 15.9 Å². The zero-order valence-electron chi connectivity index (χ0n) is 16.2. The van der Waals surface area contributed by atoms with E-state index in [0.29, 0.717) is 18.7 Å². The van der Waals surface area contributed by atoms with Gasteiger partial charge < -0.3 is 14.2 Å². The molecule has 2 aliphatic rings. The zero-order valence-corrected chi connectivity index (χ0v) is 16.2. The molecule has 2 aromatic rings. The molecule has 1 unspecified atom stereocenters. The summed E-state index contributed by atoms with van der Waals surface area (Å²) in [5.41, 5.74) is 2.05. The van der Waals surface area contributed by atoms with E-state index in [-0.39, 0.29) is 28.8 Å². The van der Waals surface area contributed by atoms with Crippen molar-refractivity contribution in [3.63, 3.8) is 0 Å². The Labute approximate surface area is 162 Å². The lowest BCUT2D eigenvalue weighted by molar-refractivity contribution is 0.0716. The van der Waals surface area contributed by atoms with Gasteiger partial charge in [-0.1, -0.05) is 0 Å². The molecule has 0 spiro atoms. The number of pyridine rings is 1. The minimum atomic E-state index is -0.236. The summed E-state index contributed by atoms with van der Waals surface area (Å²) in [6.45, 7) is 0.987. The third kappa shape index (κ3) is 3.23. The molecule has 0 bridgehead atoms. The highest BCUT2D eigenvalue weighted by atomic mass is 16.5. The van der Waals surface area contributed by atoms with Gasteiger partial charge in [0.05, 0.1) is 31.0 Å². The van der Waals surface area contributed by atoms with Crippen LogP contribution in [0.2, 0.25) is 0 Å². The van der Waals surface area contributed by atoms with E-state index in [1.165, 1.54) is 28.6 Å². The van der Waals surface area contributed by atoms with E-state index < -0.39 is 0 Å². The summed E-state index contributed by atoms with van der Waals surface area (Å²) < 4.78 is 8.12. The summed E-state index contributed by atoms with van der Waals surface area (Å²) in [6.07, 6.45) is 6.04. The van der Waals surface area contributed by atoms with Crippen LogP contribution in [0.3, 0.4) is 0 Å². The minimum Gasteiger partial charge on any atom is -0.496 e. The molecular formula is C20H24N4O4. The number of aromatic nitrogens is 3. The van der Waals surface area contributed by atoms with Crippen molar-refractivity contribution >= 4 is 5.91 Å². The number of amides is 1. The Morgan fingerprint density at radius 2 is 2.04 bits per heavy atom. The molecule has 1 fully saturated rings. The molecule has 8 heteroatoms. The van der Waals surface area contributed by atoms with Crippen molar-refractivity contribution in [2.75, 3.05) is 13.7 Å². The molecule has 8 nitrogen and oxygen atoms in total. The van der Waals surface area contributed by atoms with Crippen LogP contribution in [0.25, 0.3) is 0 Å². The molecule has 0 radical (unpaired) electrons. The van der Waals surface area contributed by atoms with Gasteiger partial charge in [-0.3, -0.25) is 14.4 Å². The number of aryl methyl sites for hydroxylation is 3. The van der Waals surface area contributed by atoms with Gasteiger partial charge in [-0.15, -0.1) is 0 Å². The van der Waals surface area contributed by atoms with Crippen molar-refractivity contribution in [2.24, 2.45) is 7.05 Å². The Kier molecular flexibility index (Phi) is 4.78. The van der Waals surface area contributed by atoms with Crippen LogP contribution in [0.4, 0.5) is 0 Å². The molecular weight excluding hydrogens is 360 g/mol. The average molecular weight is 384 g/mol. The van der Waals surface area contributed by atoms with E-state index >= 15 is 0 Å². The molecule has 1 aliphatic carbocycles. The van der Waals surface area contributed by atoms with Gasteiger partial charge in [0.15, 0.2) is 0 Å². The fourth-order valence-electron chi connectivity index (χ4n) is 4.16. The molecule has 148 valence electrons. The van der Waals surface area contributed by atoms with Crippen LogP contribution in [0.5, 0.6) is 5.75 Å². The molecule has 0 N–H and O–H groups in total. The van der Waals surface area contributed by atoms with Crippen molar-refractivity contribution in [3.05, 3.63) is 55.9 Å². The zero-order chi connectivity index (χ0) is 19.8. The van der Waals surface area contributed by atoms with Gasteiger partial charge >= 0.3 is 0 Å². The molecule has 1 amide bonds. The lowest BCUT2D eigenvalue weighted by atomic mass is 10.1. The predicted molar refractivity (Wildman–Crippen MR) is 103 cm³/mol. The summed E-state index contributed by atoms with van der Waals surface area (Å²) in [6, 6.07) is 2.90. The second-order valence-corrected chi connectivity index (χ2v) is 7.49. The van der Waals surface area contributed by atoms with Gasteiger partial charge in [-0.25, -0.2) is 4.68 Å². The number of methoxy groups -OCH3 is 1. The maximum Gasteiger partial charge on any atom is 0.267 e. The number of likely N-dealkylation sites (tertiary alicyclic amines) is 1. The summed E-state index contributed by atoms with van der Waals surface area (Å²) in [5, 5.41) is 4.54. The van der Waals surface area contributed by atoms with Gasteiger partial charge in [0.25, 0.3) is 17.0 Å². The number of hydrogen-bond donors (Lipinski definition) is 0. The number of carbonyl (C=O) groups excluding carboxylic acids is 1. The SMILES string of the molecule is COc1cc(=O)n(C)cc1C(=O)N1CCCC1Cn1nc2c(cc1=O)CCC2. The highest BCUT2D eigenvalue weighted by Crippen LogP contribution is 2.25. The second-order valence-electron chi connectivity index (χ2n) is 7.49. The summed E-state index contributed by atoms with van der Waals surface area (Å²) >= 11 is 0. The van der Waals surface area contributed by atoms with Crippen LogP contribution in [0, 0.1) is 0 Å². The first-order valence-electron chi connectivity index (χ1n) is 9.63. The van der Waals surface area contributed by atoms with E-state index in [4.69, 9.17) is 4.74 Å². The standard InChI is InChI=1S/C20H24N4O4/c1-22-12-15(17(28-2)10-18(22)25)20(27)23-8-4-6-14(23)11-24-19(26)9-13-5-3-7-16(13)21-24/h9-10,12,14H,3-8,11H2,1-2H3. The van der Waals surface area contributed by atoms with Crippen LogP contribution in [-0.4, -0.2) is 44.9 Å². The summed E-state index contributed by atoms with van der Waals surface area (Å²) in [7, 11) is 3.05. The highest BCUT2D eigenvalue weighted by molar-refractivity contribution is 5.97. The molecule has 1 atom stereocenters. The quantitative estimate of drug-likeness (QED) is 0.776. The maximum absolute atomic E-state index is 13.2. The third-order valence-corrected chi connectivity index (χ3v) is 5.69. The Hall–Kier alpha value is -2.90. The average Bonchev–Trinajstić information content (AvgIpc) is 3.32. The van der Waals surface area contributed by atoms with Crippen molar-refractivity contribution in [2.45, 2.75) is 44.7 Å². The molecule has 1 aliphatic heterocycles. The van der Waals surface area contributed by atoms with Crippen LogP contribution >= 0.6 is 0 Å². The van der Waals surface area contributed by atoms with E-state index in [2.05, 4.69) is 5.10 Å². The number of hydrogen-bond acceptors (Lipinski definition) is 5. The first-order valence-corrected chi connectivity index (χ1v) is 9.63. The molecule has 3 heterocycles. The van der Waals surface area contributed by atoms with Gasteiger partial charge in [-0.05, 0) is 37.7 Å². The number of ether oxygens (including phenoxy) is 1. The Balaban J connectivity index is 1.61. The van der Waals surface area contributed by atoms with E-state index in [1.807, 2.05) is 0 Å². The van der Waals surface area contributed by atoms with Crippen LogP contribution in [0.15, 0.2) is 27.9 Å². The van der Waals surface area contributed by atoms with Crippen molar-refractivity contribution in [3.8, 4) is 5.75 Å². The number of fused-ring (bicyclic) bond motifs is 1. The van der Waals surface area contributed by atoms with E-state index in [0.717, 1.165) is 43.4 Å². The fraction of sp³-hybridized carbons (Fsp3) is 0.500. The van der Waals surface area contributed by atoms with Crippen molar-refractivity contribution in [1.29, 1.82) is 0 Å².